The molecule has 0 aliphatic rings. The van der Waals surface area contributed by atoms with Crippen LogP contribution in [0.25, 0.3) is 0 Å². The van der Waals surface area contributed by atoms with Crippen molar-refractivity contribution < 1.29 is 80.2 Å². The highest BCUT2D eigenvalue weighted by Gasteiger charge is 2.30. The predicted octanol–water partition coefficient (Wildman–Crippen LogP) is 22.7. The van der Waals surface area contributed by atoms with Gasteiger partial charge >= 0.3 is 39.5 Å². The van der Waals surface area contributed by atoms with E-state index in [0.717, 1.165) is 173 Å². The summed E-state index contributed by atoms with van der Waals surface area (Å²) in [4.78, 5) is 72.9. The number of phosphoric ester groups is 2. The molecule has 0 saturated carbocycles. The average Bonchev–Trinajstić information content (AvgIpc) is 1.05. The number of rotatable bonds is 75. The third-order valence-corrected chi connectivity index (χ3v) is 18.8. The Kier molecular flexibility index (Phi) is 69.7. The normalized spacial score (nSPS) is 14.2. The molecule has 0 fully saturated rings. The van der Waals surface area contributed by atoms with Crippen LogP contribution in [0.4, 0.5) is 0 Å². The van der Waals surface area contributed by atoms with Crippen LogP contribution in [-0.2, 0) is 65.4 Å². The lowest BCUT2D eigenvalue weighted by Gasteiger charge is -2.21. The minimum atomic E-state index is -4.97. The van der Waals surface area contributed by atoms with Gasteiger partial charge in [0.05, 0.1) is 26.4 Å². The molecule has 3 N–H and O–H groups in total. The monoisotopic (exact) mass is 1430 g/mol. The second-order valence-electron chi connectivity index (χ2n) is 26.6. The lowest BCUT2D eigenvalue weighted by molar-refractivity contribution is -0.161. The van der Waals surface area contributed by atoms with Crippen LogP contribution in [0.3, 0.4) is 0 Å². The maximum atomic E-state index is 13.1. The van der Waals surface area contributed by atoms with Gasteiger partial charge in [-0.05, 0) is 135 Å². The molecule has 2 unspecified atom stereocenters. The van der Waals surface area contributed by atoms with Gasteiger partial charge < -0.3 is 33.8 Å². The Labute approximate surface area is 597 Å². The smallest absolute Gasteiger partial charge is 0.462 e. The van der Waals surface area contributed by atoms with Gasteiger partial charge in [-0.3, -0.25) is 37.3 Å². The van der Waals surface area contributed by atoms with Crippen molar-refractivity contribution >= 4 is 39.5 Å². The van der Waals surface area contributed by atoms with Crippen LogP contribution >= 0.6 is 15.6 Å². The molecule has 17 nitrogen and oxygen atoms in total. The molecule has 5 atom stereocenters. The van der Waals surface area contributed by atoms with Gasteiger partial charge in [0, 0.05) is 25.7 Å². The zero-order chi connectivity index (χ0) is 71.8. The zero-order valence-electron chi connectivity index (χ0n) is 62.5. The Hall–Kier alpha value is -3.24. The van der Waals surface area contributed by atoms with Crippen LogP contribution in [0.1, 0.15) is 362 Å². The summed E-state index contributed by atoms with van der Waals surface area (Å²) in [5.74, 6) is -2.18. The molecule has 0 amide bonds. The number of allylic oxidation sites excluding steroid dienone is 10. The number of phosphoric acid groups is 2. The summed E-state index contributed by atoms with van der Waals surface area (Å²) in [5.41, 5.74) is 0. The Bertz CT molecular complexity index is 2100. The van der Waals surface area contributed by atoms with Gasteiger partial charge in [0.25, 0.3) is 0 Å². The van der Waals surface area contributed by atoms with Crippen molar-refractivity contribution in [3.8, 4) is 0 Å². The second-order valence-corrected chi connectivity index (χ2v) is 29.5. The molecule has 0 heterocycles. The number of carbonyl (C=O) groups excluding carboxylic acids is 4. The molecule has 0 aliphatic carbocycles. The summed E-state index contributed by atoms with van der Waals surface area (Å²) in [7, 11) is -9.94. The van der Waals surface area contributed by atoms with E-state index in [1.165, 1.54) is 109 Å². The van der Waals surface area contributed by atoms with Crippen LogP contribution in [-0.4, -0.2) is 96.7 Å². The van der Waals surface area contributed by atoms with Crippen molar-refractivity contribution in [2.45, 2.75) is 380 Å². The molecular weight excluding hydrogens is 1280 g/mol. The first-order chi connectivity index (χ1) is 47.7. The maximum absolute atomic E-state index is 13.1. The zero-order valence-corrected chi connectivity index (χ0v) is 64.3. The lowest BCUT2D eigenvalue weighted by Crippen LogP contribution is -2.30. The highest BCUT2D eigenvalue weighted by molar-refractivity contribution is 7.47. The first kappa shape index (κ1) is 94.8. The molecule has 572 valence electrons. The number of hydrogen-bond donors (Lipinski definition) is 3. The SMILES string of the molecule is CCCCC/C=C\C/C=C\CCCCCCCC(=O)O[C@H](COC(=O)CCCCCCC/C=C\CCCCCC)COP(=O)(O)OC[C@H](O)COP(=O)(O)OC[C@@H](COC(=O)CCCCCCCCC/C=C\CCCCCC)OC(=O)CCCCCCCCC/C=C\CCCCCC. The number of aliphatic hydroxyl groups is 1. The largest absolute Gasteiger partial charge is 0.472 e. The second kappa shape index (κ2) is 72.1. The molecular formula is C79H144O17P2. The van der Waals surface area contributed by atoms with E-state index in [0.29, 0.717) is 25.7 Å². The van der Waals surface area contributed by atoms with Crippen LogP contribution < -0.4 is 0 Å². The van der Waals surface area contributed by atoms with E-state index in [1.807, 2.05) is 0 Å². The molecule has 98 heavy (non-hydrogen) atoms. The fourth-order valence-electron chi connectivity index (χ4n) is 10.8. The van der Waals surface area contributed by atoms with Crippen molar-refractivity contribution in [1.82, 2.24) is 0 Å². The van der Waals surface area contributed by atoms with Crippen molar-refractivity contribution in [1.29, 1.82) is 0 Å². The minimum Gasteiger partial charge on any atom is -0.462 e. The highest BCUT2D eigenvalue weighted by atomic mass is 31.2. The van der Waals surface area contributed by atoms with Gasteiger partial charge in [-0.2, -0.15) is 0 Å². The third kappa shape index (κ3) is 71.2. The molecule has 0 saturated heterocycles. The van der Waals surface area contributed by atoms with E-state index >= 15 is 0 Å². The van der Waals surface area contributed by atoms with Crippen molar-refractivity contribution in [3.05, 3.63) is 60.8 Å². The molecule has 0 aromatic heterocycles. The van der Waals surface area contributed by atoms with Gasteiger partial charge in [-0.1, -0.05) is 262 Å². The molecule has 0 rings (SSSR count). The minimum absolute atomic E-state index is 0.0810. The average molecular weight is 1430 g/mol. The summed E-state index contributed by atoms with van der Waals surface area (Å²) in [5, 5.41) is 10.6. The van der Waals surface area contributed by atoms with Crippen molar-refractivity contribution in [2.75, 3.05) is 39.6 Å². The summed E-state index contributed by atoms with van der Waals surface area (Å²) in [6.45, 7) is 4.83. The number of hydrogen-bond acceptors (Lipinski definition) is 15. The van der Waals surface area contributed by atoms with Crippen LogP contribution in [0.5, 0.6) is 0 Å². The molecule has 0 spiro atoms. The fraction of sp³-hybridized carbons (Fsp3) is 0.823. The van der Waals surface area contributed by atoms with Crippen molar-refractivity contribution in [3.63, 3.8) is 0 Å². The molecule has 0 radical (unpaired) electrons. The van der Waals surface area contributed by atoms with Crippen LogP contribution in [0.15, 0.2) is 60.8 Å². The van der Waals surface area contributed by atoms with Gasteiger partial charge in [-0.25, -0.2) is 9.13 Å². The molecule has 0 aromatic carbocycles. The van der Waals surface area contributed by atoms with E-state index in [-0.39, 0.29) is 25.7 Å². The Morgan fingerprint density at radius 3 is 0.786 bits per heavy atom. The summed E-state index contributed by atoms with van der Waals surface area (Å²) in [6.07, 6.45) is 70.5. The standard InChI is InChI=1S/C79H144O17P2/c1-5-9-13-17-21-25-29-33-36-40-44-48-52-56-60-64-77(82)90-70-75(96-79(84)66-62-58-54-50-46-42-38-35-31-27-23-19-15-11-7-3)72-94-98(87,88)92-68-73(80)67-91-97(85,86)93-71-74(69-89-76(81)63-59-55-51-47-43-39-32-28-24-20-16-12-8-4)95-78(83)65-61-57-53-49-45-41-37-34-30-26-22-18-14-10-6-2/h22,25-29,31-32,34,37,73-75,80H,5-21,23-24,30,33,35-36,38-72H2,1-4H3,(H,85,86)(H,87,88)/b26-22-,29-25-,31-27-,32-28-,37-34-/t73-,74+,75+/m0/s1. The molecule has 19 heteroatoms. The highest BCUT2D eigenvalue weighted by Crippen LogP contribution is 2.45. The summed E-state index contributed by atoms with van der Waals surface area (Å²) < 4.78 is 68.5. The molecule has 0 aliphatic heterocycles. The van der Waals surface area contributed by atoms with Gasteiger partial charge in [0.2, 0.25) is 0 Å². The van der Waals surface area contributed by atoms with Gasteiger partial charge in [-0.15, -0.1) is 0 Å². The Morgan fingerprint density at radius 1 is 0.286 bits per heavy atom. The molecule has 0 bridgehead atoms. The Morgan fingerprint density at radius 2 is 0.500 bits per heavy atom. The fourth-order valence-corrected chi connectivity index (χ4v) is 12.4. The number of unbranched alkanes of at least 4 members (excludes halogenated alkanes) is 39. The van der Waals surface area contributed by atoms with Gasteiger partial charge in [0.1, 0.15) is 19.3 Å². The van der Waals surface area contributed by atoms with Gasteiger partial charge in [0.15, 0.2) is 12.2 Å². The topological polar surface area (TPSA) is 237 Å². The first-order valence-corrected chi connectivity index (χ1v) is 42.5. The quantitative estimate of drug-likeness (QED) is 0.0169. The lowest BCUT2D eigenvalue weighted by atomic mass is 10.1. The molecule has 0 aromatic rings. The van der Waals surface area contributed by atoms with E-state index in [4.69, 9.17) is 37.0 Å². The van der Waals surface area contributed by atoms with E-state index < -0.39 is 97.5 Å². The first-order valence-electron chi connectivity index (χ1n) is 39.5. The third-order valence-electron chi connectivity index (χ3n) is 16.9. The summed E-state index contributed by atoms with van der Waals surface area (Å²) in [6, 6.07) is 0. The van der Waals surface area contributed by atoms with E-state index in [9.17, 15) is 43.2 Å². The van der Waals surface area contributed by atoms with Crippen molar-refractivity contribution in [2.24, 2.45) is 0 Å². The van der Waals surface area contributed by atoms with Crippen LogP contribution in [0.2, 0.25) is 0 Å². The Balaban J connectivity index is 5.34. The van der Waals surface area contributed by atoms with Crippen LogP contribution in [0, 0.1) is 0 Å². The number of carbonyl (C=O) groups is 4. The number of esters is 4. The number of aliphatic hydroxyl groups excluding tert-OH is 1. The van der Waals surface area contributed by atoms with E-state index in [1.54, 1.807) is 0 Å². The summed E-state index contributed by atoms with van der Waals surface area (Å²) >= 11 is 0. The maximum Gasteiger partial charge on any atom is 0.472 e. The van der Waals surface area contributed by atoms with E-state index in [2.05, 4.69) is 88.5 Å². The number of ether oxygens (including phenoxy) is 4. The predicted molar refractivity (Wildman–Crippen MR) is 400 cm³/mol.